The van der Waals surface area contributed by atoms with E-state index in [2.05, 4.69) is 27.0 Å². The number of ether oxygens (including phenoxy) is 3. The zero-order chi connectivity index (χ0) is 16.3. The van der Waals surface area contributed by atoms with Gasteiger partial charge in [-0.05, 0) is 33.6 Å². The van der Waals surface area contributed by atoms with Crippen molar-refractivity contribution in [3.63, 3.8) is 0 Å². The Kier molecular flexibility index (Phi) is 5.27. The van der Waals surface area contributed by atoms with Gasteiger partial charge in [-0.2, -0.15) is 5.26 Å². The highest BCUT2D eigenvalue weighted by atomic mass is 79.9. The topological polar surface area (TPSA) is 67.3 Å². The van der Waals surface area contributed by atoms with Crippen molar-refractivity contribution in [2.24, 2.45) is 0 Å². The third-order valence-corrected chi connectivity index (χ3v) is 4.34. The maximum atomic E-state index is 9.46. The first kappa shape index (κ1) is 17.0. The third kappa shape index (κ3) is 2.78. The molecule has 0 amide bonds. The van der Waals surface area contributed by atoms with Crippen LogP contribution in [0.4, 0.5) is 0 Å². The lowest BCUT2D eigenvalue weighted by Gasteiger charge is -2.27. The standard InChI is InChI=1S/C15H14BrClN2O3/c1-20-15(21-2,22-3)14-12(16)11(8-18)13(19-14)9-4-6-10(17)7-5-9/h4-7,19H,1-3H3. The molecule has 0 aliphatic rings. The highest BCUT2D eigenvalue weighted by Crippen LogP contribution is 2.39. The molecule has 2 rings (SSSR count). The van der Waals surface area contributed by atoms with E-state index >= 15 is 0 Å². The van der Waals surface area contributed by atoms with Gasteiger partial charge in [-0.1, -0.05) is 23.7 Å². The number of benzene rings is 1. The lowest BCUT2D eigenvalue weighted by atomic mass is 10.1. The van der Waals surface area contributed by atoms with Gasteiger partial charge in [-0.3, -0.25) is 0 Å². The number of aromatic amines is 1. The number of methoxy groups -OCH3 is 3. The van der Waals surface area contributed by atoms with Crippen molar-refractivity contribution in [3.8, 4) is 17.3 Å². The number of nitrogens with zero attached hydrogens (tertiary/aromatic N) is 1. The Labute approximate surface area is 141 Å². The fourth-order valence-electron chi connectivity index (χ4n) is 2.18. The molecule has 1 heterocycles. The van der Waals surface area contributed by atoms with Crippen LogP contribution in [0, 0.1) is 11.3 Å². The predicted molar refractivity (Wildman–Crippen MR) is 86.4 cm³/mol. The number of halogens is 2. The smallest absolute Gasteiger partial charge is 0.328 e. The molecule has 0 radical (unpaired) electrons. The van der Waals surface area contributed by atoms with Crippen molar-refractivity contribution in [2.45, 2.75) is 5.97 Å². The Morgan fingerprint density at radius 1 is 1.14 bits per heavy atom. The number of hydrogen-bond acceptors (Lipinski definition) is 4. The van der Waals surface area contributed by atoms with Gasteiger partial charge in [-0.25, -0.2) is 0 Å². The Balaban J connectivity index is 2.66. The van der Waals surface area contributed by atoms with Crippen LogP contribution in [-0.4, -0.2) is 26.3 Å². The van der Waals surface area contributed by atoms with Crippen LogP contribution >= 0.6 is 27.5 Å². The molecule has 0 bridgehead atoms. The SMILES string of the molecule is COC(OC)(OC)c1[nH]c(-c2ccc(Cl)cc2)c(C#N)c1Br. The molecule has 0 aliphatic heterocycles. The van der Waals surface area contributed by atoms with Crippen LogP contribution in [0.15, 0.2) is 28.7 Å². The largest absolute Gasteiger partial charge is 0.350 e. The number of aromatic nitrogens is 1. The second kappa shape index (κ2) is 6.82. The fourth-order valence-corrected chi connectivity index (χ4v) is 2.94. The molecule has 1 aromatic carbocycles. The second-order valence-corrected chi connectivity index (χ2v) is 5.58. The van der Waals surface area contributed by atoms with Crippen LogP contribution in [0.5, 0.6) is 0 Å². The average Bonchev–Trinajstić information content (AvgIpc) is 2.88. The van der Waals surface area contributed by atoms with Gasteiger partial charge in [0, 0.05) is 26.4 Å². The van der Waals surface area contributed by atoms with Crippen molar-refractivity contribution in [1.29, 1.82) is 5.26 Å². The summed E-state index contributed by atoms with van der Waals surface area (Å²) in [5.41, 5.74) is 2.32. The maximum Gasteiger partial charge on any atom is 0.328 e. The van der Waals surface area contributed by atoms with Crippen LogP contribution < -0.4 is 0 Å². The van der Waals surface area contributed by atoms with Crippen LogP contribution in [0.3, 0.4) is 0 Å². The van der Waals surface area contributed by atoms with E-state index in [-0.39, 0.29) is 0 Å². The van der Waals surface area contributed by atoms with E-state index in [0.717, 1.165) is 5.56 Å². The Morgan fingerprint density at radius 2 is 1.68 bits per heavy atom. The van der Waals surface area contributed by atoms with Gasteiger partial charge in [0.1, 0.15) is 11.8 Å². The number of H-pyrrole nitrogens is 1. The lowest BCUT2D eigenvalue weighted by Crippen LogP contribution is -2.33. The van der Waals surface area contributed by atoms with E-state index in [9.17, 15) is 5.26 Å². The minimum absolute atomic E-state index is 0.424. The molecule has 0 unspecified atom stereocenters. The summed E-state index contributed by atoms with van der Waals surface area (Å²) in [5, 5.41) is 10.1. The van der Waals surface area contributed by atoms with Crippen LogP contribution in [0.1, 0.15) is 11.3 Å². The number of hydrogen-bond donors (Lipinski definition) is 1. The summed E-state index contributed by atoms with van der Waals surface area (Å²) in [7, 11) is 4.36. The monoisotopic (exact) mass is 384 g/mol. The molecule has 116 valence electrons. The first-order valence-electron chi connectivity index (χ1n) is 6.26. The fraction of sp³-hybridized carbons (Fsp3) is 0.267. The lowest BCUT2D eigenvalue weighted by molar-refractivity contribution is -0.366. The van der Waals surface area contributed by atoms with Gasteiger partial charge in [0.2, 0.25) is 0 Å². The normalized spacial score (nSPS) is 11.5. The summed E-state index contributed by atoms with van der Waals surface area (Å²) in [5.74, 6) is -1.44. The van der Waals surface area contributed by atoms with Crippen molar-refractivity contribution >= 4 is 27.5 Å². The zero-order valence-electron chi connectivity index (χ0n) is 12.2. The van der Waals surface area contributed by atoms with Gasteiger partial charge in [0.25, 0.3) is 0 Å². The van der Waals surface area contributed by atoms with Gasteiger partial charge < -0.3 is 19.2 Å². The molecule has 0 spiro atoms. The van der Waals surface area contributed by atoms with Gasteiger partial charge in [0.05, 0.1) is 15.7 Å². The molecule has 0 aliphatic carbocycles. The van der Waals surface area contributed by atoms with Crippen LogP contribution in [0.25, 0.3) is 11.3 Å². The van der Waals surface area contributed by atoms with E-state index in [4.69, 9.17) is 25.8 Å². The number of rotatable bonds is 5. The summed E-state index contributed by atoms with van der Waals surface area (Å²) in [6.07, 6.45) is 0. The Hall–Kier alpha value is -1.36. The molecule has 1 N–H and O–H groups in total. The van der Waals surface area contributed by atoms with Crippen molar-refractivity contribution in [3.05, 3.63) is 45.0 Å². The summed E-state index contributed by atoms with van der Waals surface area (Å²) >= 11 is 9.32. The van der Waals surface area contributed by atoms with Crippen molar-refractivity contribution in [1.82, 2.24) is 4.98 Å². The summed E-state index contributed by atoms with van der Waals surface area (Å²) in [4.78, 5) is 3.14. The molecule has 0 fully saturated rings. The second-order valence-electron chi connectivity index (χ2n) is 4.35. The third-order valence-electron chi connectivity index (χ3n) is 3.30. The minimum atomic E-state index is -1.44. The molecular weight excluding hydrogens is 372 g/mol. The Bertz CT molecular complexity index is 695. The van der Waals surface area contributed by atoms with E-state index in [1.165, 1.54) is 21.3 Å². The van der Waals surface area contributed by atoms with Crippen molar-refractivity contribution < 1.29 is 14.2 Å². The number of nitrogens with one attached hydrogen (secondary N) is 1. The molecule has 0 atom stereocenters. The summed E-state index contributed by atoms with van der Waals surface area (Å²) in [6, 6.07) is 9.31. The molecule has 7 heteroatoms. The molecule has 2 aromatic rings. The first-order chi connectivity index (χ1) is 10.5. The summed E-state index contributed by atoms with van der Waals surface area (Å²) in [6.45, 7) is 0. The van der Waals surface area contributed by atoms with Gasteiger partial charge in [-0.15, -0.1) is 0 Å². The molecule has 0 saturated heterocycles. The number of nitriles is 1. The first-order valence-corrected chi connectivity index (χ1v) is 7.43. The Morgan fingerprint density at radius 3 is 2.14 bits per heavy atom. The quantitative estimate of drug-likeness (QED) is 0.789. The van der Waals surface area contributed by atoms with Gasteiger partial charge >= 0.3 is 5.97 Å². The maximum absolute atomic E-state index is 9.46. The predicted octanol–water partition coefficient (Wildman–Crippen LogP) is 4.02. The molecule has 5 nitrogen and oxygen atoms in total. The van der Waals surface area contributed by atoms with E-state index < -0.39 is 5.97 Å². The molecule has 22 heavy (non-hydrogen) atoms. The van der Waals surface area contributed by atoms with Crippen LogP contribution in [0.2, 0.25) is 5.02 Å². The minimum Gasteiger partial charge on any atom is -0.350 e. The summed E-state index contributed by atoms with van der Waals surface area (Å²) < 4.78 is 16.5. The molecule has 0 saturated carbocycles. The van der Waals surface area contributed by atoms with E-state index in [1.54, 1.807) is 12.1 Å². The van der Waals surface area contributed by atoms with Gasteiger partial charge in [0.15, 0.2) is 0 Å². The highest BCUT2D eigenvalue weighted by Gasteiger charge is 2.38. The highest BCUT2D eigenvalue weighted by molar-refractivity contribution is 9.10. The molecular formula is C15H14BrClN2O3. The van der Waals surface area contributed by atoms with E-state index in [0.29, 0.717) is 26.4 Å². The van der Waals surface area contributed by atoms with E-state index in [1.807, 2.05) is 12.1 Å². The van der Waals surface area contributed by atoms with Crippen molar-refractivity contribution in [2.75, 3.05) is 21.3 Å². The zero-order valence-corrected chi connectivity index (χ0v) is 14.6. The molecule has 1 aromatic heterocycles. The van der Waals surface area contributed by atoms with Crippen LogP contribution in [-0.2, 0) is 20.2 Å². The average molecular weight is 386 g/mol.